The lowest BCUT2D eigenvalue weighted by atomic mass is 9.89. The van der Waals surface area contributed by atoms with Crippen LogP contribution < -0.4 is 0 Å². The number of amides is 2. The zero-order valence-corrected chi connectivity index (χ0v) is 20.1. The molecule has 1 aromatic carbocycles. The molecule has 0 radical (unpaired) electrons. The third-order valence-electron chi connectivity index (χ3n) is 7.48. The van der Waals surface area contributed by atoms with Crippen molar-refractivity contribution in [3.63, 3.8) is 0 Å². The van der Waals surface area contributed by atoms with E-state index < -0.39 is 0 Å². The van der Waals surface area contributed by atoms with Gasteiger partial charge in [0.25, 0.3) is 5.91 Å². The fourth-order valence-electron chi connectivity index (χ4n) is 5.34. The SMILES string of the molecule is CCc1noc(C)c1C(=O)N1CCC(CCC(=O)N2CCC(Cc3ccccc3)CC2)CC1. The molecule has 0 aliphatic carbocycles. The van der Waals surface area contributed by atoms with Crippen LogP contribution in [0.1, 0.15) is 72.8 Å². The van der Waals surface area contributed by atoms with E-state index in [1.165, 1.54) is 5.56 Å². The van der Waals surface area contributed by atoms with Crippen molar-refractivity contribution < 1.29 is 14.1 Å². The lowest BCUT2D eigenvalue weighted by molar-refractivity contribution is -0.133. The van der Waals surface area contributed by atoms with E-state index >= 15 is 0 Å². The number of aryl methyl sites for hydroxylation is 2. The molecule has 1 aromatic heterocycles. The molecular formula is C27H37N3O3. The van der Waals surface area contributed by atoms with Crippen molar-refractivity contribution in [3.05, 3.63) is 52.9 Å². The quantitative estimate of drug-likeness (QED) is 0.614. The van der Waals surface area contributed by atoms with Crippen molar-refractivity contribution in [2.24, 2.45) is 11.8 Å². The lowest BCUT2D eigenvalue weighted by Gasteiger charge is -2.34. The summed E-state index contributed by atoms with van der Waals surface area (Å²) in [7, 11) is 0. The fourth-order valence-corrected chi connectivity index (χ4v) is 5.34. The minimum atomic E-state index is 0.0403. The van der Waals surface area contributed by atoms with E-state index in [4.69, 9.17) is 4.52 Å². The largest absolute Gasteiger partial charge is 0.361 e. The molecule has 0 atom stereocenters. The number of hydrogen-bond donors (Lipinski definition) is 0. The average molecular weight is 452 g/mol. The number of rotatable bonds is 7. The van der Waals surface area contributed by atoms with Crippen LogP contribution in [0.4, 0.5) is 0 Å². The summed E-state index contributed by atoms with van der Waals surface area (Å²) < 4.78 is 5.24. The van der Waals surface area contributed by atoms with Crippen LogP contribution >= 0.6 is 0 Å². The molecule has 178 valence electrons. The molecule has 4 rings (SSSR count). The summed E-state index contributed by atoms with van der Waals surface area (Å²) in [5.74, 6) is 2.15. The van der Waals surface area contributed by atoms with Gasteiger partial charge < -0.3 is 14.3 Å². The summed E-state index contributed by atoms with van der Waals surface area (Å²) in [4.78, 5) is 29.7. The number of benzene rings is 1. The first-order chi connectivity index (χ1) is 16.0. The van der Waals surface area contributed by atoms with E-state index in [-0.39, 0.29) is 5.91 Å². The second kappa shape index (κ2) is 11.0. The average Bonchev–Trinajstić information content (AvgIpc) is 3.24. The van der Waals surface area contributed by atoms with Gasteiger partial charge in [0.15, 0.2) is 0 Å². The maximum atomic E-state index is 12.9. The summed E-state index contributed by atoms with van der Waals surface area (Å²) in [5.41, 5.74) is 2.79. The second-order valence-corrected chi connectivity index (χ2v) is 9.70. The fraction of sp³-hybridized carbons (Fsp3) is 0.593. The van der Waals surface area contributed by atoms with Crippen LogP contribution in [0, 0.1) is 18.8 Å². The Bertz CT molecular complexity index is 923. The van der Waals surface area contributed by atoms with Gasteiger partial charge in [0.1, 0.15) is 11.3 Å². The Balaban J connectivity index is 1.17. The standard InChI is InChI=1S/C27H37N3O3/c1-3-24-26(20(2)33-28-24)27(32)30-17-11-21(12-18-30)9-10-25(31)29-15-13-23(14-16-29)19-22-7-5-4-6-8-22/h4-8,21,23H,3,9-19H2,1-2H3. The van der Waals surface area contributed by atoms with Gasteiger partial charge in [0.2, 0.25) is 5.91 Å². The molecule has 2 amide bonds. The number of nitrogens with zero attached hydrogens (tertiary/aromatic N) is 3. The van der Waals surface area contributed by atoms with E-state index in [0.29, 0.717) is 41.9 Å². The van der Waals surface area contributed by atoms with Crippen LogP contribution in [-0.4, -0.2) is 52.9 Å². The maximum Gasteiger partial charge on any atom is 0.259 e. The van der Waals surface area contributed by atoms with Crippen molar-refractivity contribution in [2.45, 2.75) is 65.2 Å². The minimum Gasteiger partial charge on any atom is -0.361 e. The first-order valence-electron chi connectivity index (χ1n) is 12.6. The van der Waals surface area contributed by atoms with Crippen molar-refractivity contribution in [2.75, 3.05) is 26.2 Å². The number of carbonyl (C=O) groups is 2. The van der Waals surface area contributed by atoms with Crippen LogP contribution in [0.3, 0.4) is 0 Å². The van der Waals surface area contributed by atoms with E-state index in [0.717, 1.165) is 70.4 Å². The summed E-state index contributed by atoms with van der Waals surface area (Å²) in [6.07, 6.45) is 7.50. The Morgan fingerprint density at radius 1 is 0.970 bits per heavy atom. The molecule has 2 aliphatic heterocycles. The third kappa shape index (κ3) is 5.84. The van der Waals surface area contributed by atoms with Crippen LogP contribution in [0.5, 0.6) is 0 Å². The molecule has 0 spiro atoms. The Morgan fingerprint density at radius 3 is 2.27 bits per heavy atom. The molecule has 6 heteroatoms. The lowest BCUT2D eigenvalue weighted by Crippen LogP contribution is -2.40. The highest BCUT2D eigenvalue weighted by Gasteiger charge is 2.29. The third-order valence-corrected chi connectivity index (χ3v) is 7.48. The van der Waals surface area contributed by atoms with Crippen LogP contribution in [0.25, 0.3) is 0 Å². The molecule has 2 aliphatic rings. The first kappa shape index (κ1) is 23.5. The first-order valence-corrected chi connectivity index (χ1v) is 12.6. The summed E-state index contributed by atoms with van der Waals surface area (Å²) in [6.45, 7) is 7.07. The zero-order chi connectivity index (χ0) is 23.2. The smallest absolute Gasteiger partial charge is 0.259 e. The molecule has 0 unspecified atom stereocenters. The minimum absolute atomic E-state index is 0.0403. The van der Waals surface area contributed by atoms with Crippen molar-refractivity contribution in [1.29, 1.82) is 0 Å². The molecule has 0 saturated carbocycles. The van der Waals surface area contributed by atoms with E-state index in [2.05, 4.69) is 40.4 Å². The zero-order valence-electron chi connectivity index (χ0n) is 20.1. The van der Waals surface area contributed by atoms with Gasteiger partial charge in [-0.1, -0.05) is 42.4 Å². The van der Waals surface area contributed by atoms with Crippen LogP contribution in [-0.2, 0) is 17.6 Å². The predicted octanol–water partition coefficient (Wildman–Crippen LogP) is 4.66. The number of hydrogen-bond acceptors (Lipinski definition) is 4. The van der Waals surface area contributed by atoms with Gasteiger partial charge >= 0.3 is 0 Å². The Hall–Kier alpha value is -2.63. The second-order valence-electron chi connectivity index (χ2n) is 9.70. The van der Waals surface area contributed by atoms with Crippen LogP contribution in [0.15, 0.2) is 34.9 Å². The van der Waals surface area contributed by atoms with Crippen molar-refractivity contribution >= 4 is 11.8 Å². The highest BCUT2D eigenvalue weighted by Crippen LogP contribution is 2.27. The Labute approximate surface area is 197 Å². The monoisotopic (exact) mass is 451 g/mol. The normalized spacial score (nSPS) is 18.0. The molecule has 2 saturated heterocycles. The molecule has 2 fully saturated rings. The predicted molar refractivity (Wildman–Crippen MR) is 128 cm³/mol. The Morgan fingerprint density at radius 2 is 1.61 bits per heavy atom. The maximum absolute atomic E-state index is 12.9. The van der Waals surface area contributed by atoms with E-state index in [9.17, 15) is 9.59 Å². The topological polar surface area (TPSA) is 66.7 Å². The number of carbonyl (C=O) groups excluding carboxylic acids is 2. The molecule has 33 heavy (non-hydrogen) atoms. The molecule has 2 aromatic rings. The highest BCUT2D eigenvalue weighted by molar-refractivity contribution is 5.96. The van der Waals surface area contributed by atoms with E-state index in [1.54, 1.807) is 0 Å². The molecular weight excluding hydrogens is 414 g/mol. The molecule has 0 bridgehead atoms. The van der Waals surface area contributed by atoms with Gasteiger partial charge in [-0.2, -0.15) is 0 Å². The number of aromatic nitrogens is 1. The summed E-state index contributed by atoms with van der Waals surface area (Å²) in [5, 5.41) is 4.02. The van der Waals surface area contributed by atoms with Gasteiger partial charge in [-0.3, -0.25) is 9.59 Å². The number of likely N-dealkylation sites (tertiary alicyclic amines) is 2. The van der Waals surface area contributed by atoms with Gasteiger partial charge in [0, 0.05) is 32.6 Å². The van der Waals surface area contributed by atoms with Crippen molar-refractivity contribution in [1.82, 2.24) is 15.0 Å². The van der Waals surface area contributed by atoms with E-state index in [1.807, 2.05) is 18.7 Å². The molecule has 0 N–H and O–H groups in total. The molecule has 3 heterocycles. The van der Waals surface area contributed by atoms with Gasteiger partial charge in [-0.15, -0.1) is 0 Å². The highest BCUT2D eigenvalue weighted by atomic mass is 16.5. The van der Waals surface area contributed by atoms with Gasteiger partial charge in [-0.25, -0.2) is 0 Å². The van der Waals surface area contributed by atoms with Crippen LogP contribution in [0.2, 0.25) is 0 Å². The Kier molecular flexibility index (Phi) is 7.84. The van der Waals surface area contributed by atoms with Gasteiger partial charge in [0.05, 0.1) is 5.69 Å². The van der Waals surface area contributed by atoms with Crippen molar-refractivity contribution in [3.8, 4) is 0 Å². The number of piperidine rings is 2. The van der Waals surface area contributed by atoms with Gasteiger partial charge in [-0.05, 0) is 69.3 Å². The summed E-state index contributed by atoms with van der Waals surface area (Å²) >= 11 is 0. The summed E-state index contributed by atoms with van der Waals surface area (Å²) in [6, 6.07) is 10.7. The molecule has 6 nitrogen and oxygen atoms in total.